The van der Waals surface area contributed by atoms with Crippen LogP contribution in [0, 0.1) is 0 Å². The van der Waals surface area contributed by atoms with Gasteiger partial charge in [0.25, 0.3) is 11.1 Å². The molecule has 0 unspecified atom stereocenters. The number of carbonyl (C=O) groups is 2. The lowest BCUT2D eigenvalue weighted by Crippen LogP contribution is -2.33. The van der Waals surface area contributed by atoms with Gasteiger partial charge in [0, 0.05) is 5.69 Å². The van der Waals surface area contributed by atoms with Crippen LogP contribution in [0.4, 0.5) is 23.7 Å². The molecule has 2 amide bonds. The molecule has 10 heteroatoms. The number of halogens is 3. The predicted octanol–water partition coefficient (Wildman–Crippen LogP) is 5.61. The minimum absolute atomic E-state index is 0.160. The summed E-state index contributed by atoms with van der Waals surface area (Å²) in [7, 11) is 0. The number of ether oxygens (including phenoxy) is 2. The molecule has 6 nitrogen and oxygen atoms in total. The molecule has 3 rings (SSSR count). The van der Waals surface area contributed by atoms with Crippen molar-refractivity contribution in [2.24, 2.45) is 0 Å². The highest BCUT2D eigenvalue weighted by atomic mass is 32.2. The molecule has 32 heavy (non-hydrogen) atoms. The summed E-state index contributed by atoms with van der Waals surface area (Å²) >= 11 is 0.719. The summed E-state index contributed by atoms with van der Waals surface area (Å²) in [6, 6.07) is 10.0. The van der Waals surface area contributed by atoms with Crippen molar-refractivity contribution in [2.75, 3.05) is 25.2 Å². The zero-order valence-electron chi connectivity index (χ0n) is 17.4. The van der Waals surface area contributed by atoms with E-state index in [1.54, 1.807) is 18.2 Å². The highest BCUT2D eigenvalue weighted by Gasteiger charge is 2.36. The molecular weight excluding hydrogens is 445 g/mol. The van der Waals surface area contributed by atoms with Gasteiger partial charge >= 0.3 is 6.18 Å². The van der Waals surface area contributed by atoms with Crippen LogP contribution >= 0.6 is 11.8 Å². The Bertz CT molecular complexity index is 1040. The molecular formula is C22H21F3N2O4S. The van der Waals surface area contributed by atoms with E-state index in [0.29, 0.717) is 30.3 Å². The Labute approximate surface area is 187 Å². The smallest absolute Gasteiger partial charge is 0.418 e. The Morgan fingerprint density at radius 1 is 1.03 bits per heavy atom. The number of alkyl halides is 3. The van der Waals surface area contributed by atoms with Crippen molar-refractivity contribution < 1.29 is 32.2 Å². The van der Waals surface area contributed by atoms with Crippen molar-refractivity contribution in [2.45, 2.75) is 20.0 Å². The van der Waals surface area contributed by atoms with E-state index < -0.39 is 22.9 Å². The summed E-state index contributed by atoms with van der Waals surface area (Å²) < 4.78 is 50.5. The number of nitrogens with one attached hydrogen (secondary N) is 1. The first-order valence-corrected chi connectivity index (χ1v) is 10.6. The van der Waals surface area contributed by atoms with Gasteiger partial charge in [-0.05, 0) is 61.5 Å². The normalized spacial score (nSPS) is 15.4. The number of amides is 2. The third kappa shape index (κ3) is 5.37. The number of hydrogen-bond donors (Lipinski definition) is 1. The van der Waals surface area contributed by atoms with Gasteiger partial charge in [-0.3, -0.25) is 14.5 Å². The maximum atomic E-state index is 13.2. The average molecular weight is 466 g/mol. The molecule has 1 heterocycles. The quantitative estimate of drug-likeness (QED) is 0.510. The minimum atomic E-state index is -4.56. The van der Waals surface area contributed by atoms with E-state index in [9.17, 15) is 22.8 Å². The molecule has 0 bridgehead atoms. The predicted molar refractivity (Wildman–Crippen MR) is 117 cm³/mol. The van der Waals surface area contributed by atoms with Crippen LogP contribution in [0.3, 0.4) is 0 Å². The molecule has 1 saturated heterocycles. The molecule has 170 valence electrons. The molecule has 0 atom stereocenters. The van der Waals surface area contributed by atoms with Crippen LogP contribution in [-0.2, 0) is 11.0 Å². The molecule has 0 aliphatic carbocycles. The molecule has 2 aromatic rings. The number of benzene rings is 2. The van der Waals surface area contributed by atoms with Gasteiger partial charge in [0.2, 0.25) is 0 Å². The van der Waals surface area contributed by atoms with Crippen molar-refractivity contribution in [3.63, 3.8) is 0 Å². The van der Waals surface area contributed by atoms with E-state index in [1.807, 2.05) is 13.8 Å². The van der Waals surface area contributed by atoms with Gasteiger partial charge in [0.1, 0.15) is 0 Å². The SMILES string of the molecule is CCOc1ccc(/C=C2/SC(=O)N(CNc3ccccc3C(F)(F)F)C2=O)cc1OCC. The monoisotopic (exact) mass is 466 g/mol. The van der Waals surface area contributed by atoms with Crippen LogP contribution in [0.2, 0.25) is 0 Å². The highest BCUT2D eigenvalue weighted by molar-refractivity contribution is 8.18. The maximum Gasteiger partial charge on any atom is 0.418 e. The number of carbonyl (C=O) groups excluding carboxylic acids is 2. The van der Waals surface area contributed by atoms with Gasteiger partial charge in [-0.1, -0.05) is 18.2 Å². The lowest BCUT2D eigenvalue weighted by atomic mass is 10.1. The number of para-hydroxylation sites is 1. The number of thioether (sulfide) groups is 1. The number of anilines is 1. The zero-order valence-corrected chi connectivity index (χ0v) is 18.2. The summed E-state index contributed by atoms with van der Waals surface area (Å²) in [5.74, 6) is 0.476. The van der Waals surface area contributed by atoms with Crippen LogP contribution in [0.25, 0.3) is 6.08 Å². The van der Waals surface area contributed by atoms with Crippen LogP contribution in [0.1, 0.15) is 25.0 Å². The Hall–Kier alpha value is -3.14. The van der Waals surface area contributed by atoms with Gasteiger partial charge in [0.05, 0.1) is 30.4 Å². The first-order chi connectivity index (χ1) is 15.2. The third-order valence-electron chi connectivity index (χ3n) is 4.40. The summed E-state index contributed by atoms with van der Waals surface area (Å²) in [5, 5.41) is 1.97. The van der Waals surface area contributed by atoms with E-state index in [-0.39, 0.29) is 17.3 Å². The van der Waals surface area contributed by atoms with Gasteiger partial charge in [-0.2, -0.15) is 13.2 Å². The van der Waals surface area contributed by atoms with Crippen molar-refractivity contribution in [3.05, 3.63) is 58.5 Å². The van der Waals surface area contributed by atoms with E-state index in [1.165, 1.54) is 24.3 Å². The Morgan fingerprint density at radius 3 is 2.41 bits per heavy atom. The zero-order chi connectivity index (χ0) is 23.3. The molecule has 1 aliphatic rings. The molecule has 1 aliphatic heterocycles. The first kappa shape index (κ1) is 23.5. The Balaban J connectivity index is 1.77. The topological polar surface area (TPSA) is 67.9 Å². The molecule has 0 radical (unpaired) electrons. The van der Waals surface area contributed by atoms with E-state index in [2.05, 4.69) is 5.32 Å². The van der Waals surface area contributed by atoms with E-state index in [0.717, 1.165) is 22.7 Å². The Morgan fingerprint density at radius 2 is 1.72 bits per heavy atom. The minimum Gasteiger partial charge on any atom is -0.490 e. The standard InChI is InChI=1S/C22H21F3N2O4S/c1-3-30-17-10-9-14(11-18(17)31-4-2)12-19-20(28)27(21(29)32-19)13-26-16-8-6-5-7-15(16)22(23,24)25/h5-12,26H,3-4,13H2,1-2H3/b19-12+. The second kappa shape index (κ2) is 9.99. The van der Waals surface area contributed by atoms with Crippen LogP contribution in [-0.4, -0.2) is 35.9 Å². The van der Waals surface area contributed by atoms with Crippen LogP contribution in [0.15, 0.2) is 47.4 Å². The van der Waals surface area contributed by atoms with Gasteiger partial charge in [-0.15, -0.1) is 0 Å². The van der Waals surface area contributed by atoms with Crippen molar-refractivity contribution >= 4 is 34.7 Å². The summed E-state index contributed by atoms with van der Waals surface area (Å²) in [4.78, 5) is 26.0. The molecule has 0 aromatic heterocycles. The number of hydrogen-bond acceptors (Lipinski definition) is 6. The third-order valence-corrected chi connectivity index (χ3v) is 5.31. The average Bonchev–Trinajstić information content (AvgIpc) is 3.01. The fraction of sp³-hybridized carbons (Fsp3) is 0.273. The molecule has 1 N–H and O–H groups in total. The van der Waals surface area contributed by atoms with Crippen molar-refractivity contribution in [1.29, 1.82) is 0 Å². The molecule has 2 aromatic carbocycles. The van der Waals surface area contributed by atoms with Crippen molar-refractivity contribution in [3.8, 4) is 11.5 Å². The van der Waals surface area contributed by atoms with Gasteiger partial charge < -0.3 is 14.8 Å². The second-order valence-electron chi connectivity index (χ2n) is 6.56. The first-order valence-electron chi connectivity index (χ1n) is 9.79. The Kier molecular flexibility index (Phi) is 7.34. The van der Waals surface area contributed by atoms with Crippen LogP contribution < -0.4 is 14.8 Å². The van der Waals surface area contributed by atoms with Crippen LogP contribution in [0.5, 0.6) is 11.5 Å². The van der Waals surface area contributed by atoms with Crippen molar-refractivity contribution in [1.82, 2.24) is 4.90 Å². The molecule has 0 spiro atoms. The number of nitrogens with zero attached hydrogens (tertiary/aromatic N) is 1. The van der Waals surface area contributed by atoms with Gasteiger partial charge in [0.15, 0.2) is 11.5 Å². The summed E-state index contributed by atoms with van der Waals surface area (Å²) in [6.07, 6.45) is -3.03. The maximum absolute atomic E-state index is 13.2. The summed E-state index contributed by atoms with van der Waals surface area (Å²) in [6.45, 7) is 4.18. The number of imide groups is 1. The van der Waals surface area contributed by atoms with Gasteiger partial charge in [-0.25, -0.2) is 0 Å². The van der Waals surface area contributed by atoms with E-state index >= 15 is 0 Å². The van der Waals surface area contributed by atoms with E-state index in [4.69, 9.17) is 9.47 Å². The molecule has 1 fully saturated rings. The summed E-state index contributed by atoms with van der Waals surface area (Å²) in [5.41, 5.74) is -0.464. The lowest BCUT2D eigenvalue weighted by molar-refractivity contribution is -0.137. The number of rotatable bonds is 8. The largest absolute Gasteiger partial charge is 0.490 e. The fourth-order valence-corrected chi connectivity index (χ4v) is 3.83. The highest BCUT2D eigenvalue weighted by Crippen LogP contribution is 2.36. The lowest BCUT2D eigenvalue weighted by Gasteiger charge is -2.18. The molecule has 0 saturated carbocycles. The fourth-order valence-electron chi connectivity index (χ4n) is 2.99. The second-order valence-corrected chi connectivity index (χ2v) is 7.55.